The maximum absolute atomic E-state index is 12.6. The monoisotopic (exact) mass is 356 g/mol. The smallest absolute Gasteiger partial charge is 0.197 e. The third-order valence-corrected chi connectivity index (χ3v) is 4.40. The Kier molecular flexibility index (Phi) is 5.30. The van der Waals surface area contributed by atoms with Crippen LogP contribution in [0.25, 0.3) is 5.82 Å². The van der Waals surface area contributed by atoms with Gasteiger partial charge in [-0.1, -0.05) is 17.8 Å². The highest BCUT2D eigenvalue weighted by Crippen LogP contribution is 2.27. The molecular weight excluding hydrogens is 340 g/mol. The summed E-state index contributed by atoms with van der Waals surface area (Å²) in [6, 6.07) is 10.7. The minimum absolute atomic E-state index is 0.0867. The van der Waals surface area contributed by atoms with E-state index in [4.69, 9.17) is 9.47 Å². The van der Waals surface area contributed by atoms with Crippen molar-refractivity contribution in [3.8, 4) is 17.3 Å². The number of aromatic nitrogens is 4. The molecule has 0 fully saturated rings. The van der Waals surface area contributed by atoms with Gasteiger partial charge in [-0.3, -0.25) is 9.36 Å². The number of methoxy groups -OCH3 is 2. The second-order valence-electron chi connectivity index (χ2n) is 4.95. The molecular formula is C17H16N4O3S. The van der Waals surface area contributed by atoms with Crippen molar-refractivity contribution in [2.24, 2.45) is 0 Å². The molecule has 0 radical (unpaired) electrons. The van der Waals surface area contributed by atoms with Gasteiger partial charge in [0.15, 0.2) is 10.9 Å². The lowest BCUT2D eigenvalue weighted by molar-refractivity contribution is 0.101. The van der Waals surface area contributed by atoms with Crippen molar-refractivity contribution in [2.45, 2.75) is 5.16 Å². The predicted octanol–water partition coefficient (Wildman–Crippen LogP) is 2.65. The van der Waals surface area contributed by atoms with Crippen molar-refractivity contribution in [2.75, 3.05) is 20.0 Å². The fraction of sp³-hybridized carbons (Fsp3) is 0.176. The first-order valence-corrected chi connectivity index (χ1v) is 8.41. The first-order chi connectivity index (χ1) is 12.2. The Morgan fingerprint density at radius 1 is 1.20 bits per heavy atom. The minimum Gasteiger partial charge on any atom is -0.497 e. The number of benzene rings is 1. The summed E-state index contributed by atoms with van der Waals surface area (Å²) in [7, 11) is 3.09. The van der Waals surface area contributed by atoms with Crippen molar-refractivity contribution < 1.29 is 14.3 Å². The van der Waals surface area contributed by atoms with Crippen molar-refractivity contribution in [3.05, 3.63) is 54.5 Å². The number of Topliss-reactive ketones (excluding diaryl/α,β-unsaturated/α-hetero) is 1. The number of ketones is 1. The van der Waals surface area contributed by atoms with E-state index in [1.807, 2.05) is 18.2 Å². The molecule has 3 aromatic rings. The highest BCUT2D eigenvalue weighted by Gasteiger charge is 2.16. The third-order valence-electron chi connectivity index (χ3n) is 3.45. The highest BCUT2D eigenvalue weighted by atomic mass is 32.2. The van der Waals surface area contributed by atoms with E-state index in [2.05, 4.69) is 15.2 Å². The molecule has 0 saturated carbocycles. The Morgan fingerprint density at radius 3 is 2.80 bits per heavy atom. The van der Waals surface area contributed by atoms with Gasteiger partial charge < -0.3 is 9.47 Å². The lowest BCUT2D eigenvalue weighted by Crippen LogP contribution is -2.07. The molecule has 3 rings (SSSR count). The Balaban J connectivity index is 1.77. The molecule has 0 atom stereocenters. The number of carbonyl (C=O) groups excluding carboxylic acids is 1. The first-order valence-electron chi connectivity index (χ1n) is 7.42. The van der Waals surface area contributed by atoms with Gasteiger partial charge in [-0.2, -0.15) is 0 Å². The van der Waals surface area contributed by atoms with E-state index in [9.17, 15) is 4.79 Å². The summed E-state index contributed by atoms with van der Waals surface area (Å²) < 4.78 is 12.2. The summed E-state index contributed by atoms with van der Waals surface area (Å²) in [5, 5.41) is 8.56. The normalized spacial score (nSPS) is 10.5. The van der Waals surface area contributed by atoms with Crippen molar-refractivity contribution in [1.82, 2.24) is 19.7 Å². The largest absolute Gasteiger partial charge is 0.497 e. The lowest BCUT2D eigenvalue weighted by Gasteiger charge is -2.09. The number of hydrogen-bond acceptors (Lipinski definition) is 7. The van der Waals surface area contributed by atoms with E-state index in [1.165, 1.54) is 18.9 Å². The van der Waals surface area contributed by atoms with Crippen molar-refractivity contribution in [3.63, 3.8) is 0 Å². The first kappa shape index (κ1) is 17.0. The van der Waals surface area contributed by atoms with Crippen LogP contribution < -0.4 is 9.47 Å². The molecule has 0 amide bonds. The van der Waals surface area contributed by atoms with Gasteiger partial charge in [0.25, 0.3) is 0 Å². The average Bonchev–Trinajstić information content (AvgIpc) is 3.14. The zero-order valence-corrected chi connectivity index (χ0v) is 14.6. The Morgan fingerprint density at radius 2 is 2.08 bits per heavy atom. The zero-order valence-electron chi connectivity index (χ0n) is 13.7. The summed E-state index contributed by atoms with van der Waals surface area (Å²) in [6.07, 6.45) is 3.26. The Hall–Kier alpha value is -2.87. The summed E-state index contributed by atoms with van der Waals surface area (Å²) in [5.74, 6) is 1.91. The molecule has 0 unspecified atom stereocenters. The molecule has 0 aliphatic carbocycles. The highest BCUT2D eigenvalue weighted by molar-refractivity contribution is 7.99. The molecule has 0 aliphatic rings. The third kappa shape index (κ3) is 3.80. The van der Waals surface area contributed by atoms with Crippen LogP contribution in [0.1, 0.15) is 10.4 Å². The molecule has 2 heterocycles. The molecule has 0 saturated heterocycles. The summed E-state index contributed by atoms with van der Waals surface area (Å²) in [4.78, 5) is 16.9. The van der Waals surface area contributed by atoms with Crippen LogP contribution in [0.15, 0.2) is 54.1 Å². The van der Waals surface area contributed by atoms with Crippen LogP contribution in [-0.4, -0.2) is 45.5 Å². The lowest BCUT2D eigenvalue weighted by atomic mass is 10.1. The van der Waals surface area contributed by atoms with Gasteiger partial charge >= 0.3 is 0 Å². The molecule has 7 nitrogen and oxygen atoms in total. The molecule has 8 heteroatoms. The fourth-order valence-corrected chi connectivity index (χ4v) is 3.02. The van der Waals surface area contributed by atoms with Gasteiger partial charge in [-0.05, 0) is 30.3 Å². The van der Waals surface area contributed by atoms with Gasteiger partial charge in [-0.25, -0.2) is 4.98 Å². The van der Waals surface area contributed by atoms with Gasteiger partial charge in [0.05, 0.1) is 25.5 Å². The van der Waals surface area contributed by atoms with Crippen LogP contribution in [0.4, 0.5) is 0 Å². The molecule has 0 aliphatic heterocycles. The van der Waals surface area contributed by atoms with E-state index >= 15 is 0 Å². The van der Waals surface area contributed by atoms with Crippen LogP contribution in [0.2, 0.25) is 0 Å². The average molecular weight is 356 g/mol. The van der Waals surface area contributed by atoms with E-state index in [1.54, 1.807) is 42.4 Å². The summed E-state index contributed by atoms with van der Waals surface area (Å²) in [6.45, 7) is 0. The molecule has 0 bridgehead atoms. The molecule has 2 aromatic heterocycles. The van der Waals surface area contributed by atoms with Gasteiger partial charge in [0.1, 0.15) is 23.6 Å². The van der Waals surface area contributed by atoms with Crippen LogP contribution >= 0.6 is 11.8 Å². The molecule has 128 valence electrons. The number of ether oxygens (including phenoxy) is 2. The molecule has 0 N–H and O–H groups in total. The SMILES string of the molecule is COc1ccc(OC)c(C(=O)CSc2nncn2-c2ccccn2)c1. The predicted molar refractivity (Wildman–Crippen MR) is 93.8 cm³/mol. The number of nitrogens with zero attached hydrogens (tertiary/aromatic N) is 4. The zero-order chi connectivity index (χ0) is 17.6. The number of carbonyl (C=O) groups is 1. The van der Waals surface area contributed by atoms with E-state index in [0.717, 1.165) is 0 Å². The molecule has 1 aromatic carbocycles. The second-order valence-corrected chi connectivity index (χ2v) is 5.89. The van der Waals surface area contributed by atoms with Gasteiger partial charge in [0, 0.05) is 6.20 Å². The Labute approximate surface area is 149 Å². The number of hydrogen-bond donors (Lipinski definition) is 0. The van der Waals surface area contributed by atoms with E-state index < -0.39 is 0 Å². The van der Waals surface area contributed by atoms with Crippen LogP contribution in [-0.2, 0) is 0 Å². The van der Waals surface area contributed by atoms with Gasteiger partial charge in [0.2, 0.25) is 0 Å². The second kappa shape index (κ2) is 7.80. The Bertz CT molecular complexity index is 867. The fourth-order valence-electron chi connectivity index (χ4n) is 2.22. The maximum atomic E-state index is 12.6. The number of rotatable bonds is 7. The van der Waals surface area contributed by atoms with Crippen LogP contribution in [0.3, 0.4) is 0 Å². The number of thioether (sulfide) groups is 1. The maximum Gasteiger partial charge on any atom is 0.197 e. The quantitative estimate of drug-likeness (QED) is 0.475. The standard InChI is InChI=1S/C17H16N4O3S/c1-23-12-6-7-15(24-2)13(9-12)14(22)10-25-17-20-19-11-21(17)16-5-3-4-8-18-16/h3-9,11H,10H2,1-2H3. The van der Waals surface area contributed by atoms with Gasteiger partial charge in [-0.15, -0.1) is 10.2 Å². The van der Waals surface area contributed by atoms with E-state index in [-0.39, 0.29) is 11.5 Å². The topological polar surface area (TPSA) is 79.1 Å². The van der Waals surface area contributed by atoms with Crippen LogP contribution in [0, 0.1) is 0 Å². The summed E-state index contributed by atoms with van der Waals surface area (Å²) in [5.41, 5.74) is 0.471. The minimum atomic E-state index is -0.0867. The summed E-state index contributed by atoms with van der Waals surface area (Å²) >= 11 is 1.29. The van der Waals surface area contributed by atoms with E-state index in [0.29, 0.717) is 28.0 Å². The van der Waals surface area contributed by atoms with Crippen molar-refractivity contribution in [1.29, 1.82) is 0 Å². The van der Waals surface area contributed by atoms with Crippen LogP contribution in [0.5, 0.6) is 11.5 Å². The van der Waals surface area contributed by atoms with Crippen molar-refractivity contribution >= 4 is 17.5 Å². The molecule has 25 heavy (non-hydrogen) atoms. The number of pyridine rings is 1. The molecule has 0 spiro atoms.